The van der Waals surface area contributed by atoms with Crippen LogP contribution in [0.3, 0.4) is 0 Å². The van der Waals surface area contributed by atoms with Crippen LogP contribution in [0.4, 0.5) is 0 Å². The van der Waals surface area contributed by atoms with Gasteiger partial charge >= 0.3 is 5.97 Å². The van der Waals surface area contributed by atoms with Gasteiger partial charge in [-0.2, -0.15) is 0 Å². The van der Waals surface area contributed by atoms with E-state index in [0.717, 1.165) is 0 Å². The van der Waals surface area contributed by atoms with Crippen LogP contribution in [0.1, 0.15) is 13.3 Å². The first-order valence-corrected chi connectivity index (χ1v) is 2.65. The first-order chi connectivity index (χ1) is 4.18. The average Bonchev–Trinajstić information content (AvgIpc) is 1.60. The second-order valence-corrected chi connectivity index (χ2v) is 1.87. The third-order valence-electron chi connectivity index (χ3n) is 1.00. The smallest absolute Gasteiger partial charge is 0.304 e. The summed E-state index contributed by atoms with van der Waals surface area (Å²) in [6.07, 6.45) is -0.0606. The minimum Gasteiger partial charge on any atom is -0.441 e. The molecule has 0 radical (unpaired) electrons. The molecule has 4 heteroatoms. The van der Waals surface area contributed by atoms with E-state index >= 15 is 0 Å². The number of rotatable bonds is 1. The van der Waals surface area contributed by atoms with Crippen LogP contribution in [0.15, 0.2) is 0 Å². The van der Waals surface area contributed by atoms with Crippen molar-refractivity contribution in [3.05, 3.63) is 0 Å². The van der Waals surface area contributed by atoms with E-state index in [1.807, 2.05) is 0 Å². The summed E-state index contributed by atoms with van der Waals surface area (Å²) in [6.45, 7) is 1.31. The number of esters is 1. The van der Waals surface area contributed by atoms with Crippen molar-refractivity contribution in [2.45, 2.75) is 19.6 Å². The molecule has 1 atom stereocenters. The van der Waals surface area contributed by atoms with Crippen molar-refractivity contribution in [3.63, 3.8) is 0 Å². The van der Waals surface area contributed by atoms with Crippen LogP contribution in [0, 0.1) is 0 Å². The zero-order chi connectivity index (χ0) is 6.85. The van der Waals surface area contributed by atoms with Crippen LogP contribution >= 0.6 is 0 Å². The lowest BCUT2D eigenvalue weighted by Gasteiger charge is -2.25. The first kappa shape index (κ1) is 6.07. The third kappa shape index (κ3) is 1.42. The predicted molar refractivity (Wildman–Crippen MR) is 28.3 cm³/mol. The van der Waals surface area contributed by atoms with Crippen molar-refractivity contribution in [3.8, 4) is 0 Å². The van der Waals surface area contributed by atoms with Crippen molar-refractivity contribution in [1.29, 1.82) is 0 Å². The highest BCUT2D eigenvalue weighted by molar-refractivity contribution is 5.83. The molecular weight excluding hydrogens is 122 g/mol. The number of nitrogens with one attached hydrogen (secondary N) is 1. The minimum absolute atomic E-state index is 0.0683. The lowest BCUT2D eigenvalue weighted by molar-refractivity contribution is -0.158. The Morgan fingerprint density at radius 2 is 2.44 bits per heavy atom. The fraction of sp³-hybridized carbons (Fsp3) is 0.600. The molecule has 50 valence electrons. The number of β-lactam (4-membered cyclic amide) rings is 1. The molecule has 1 fully saturated rings. The molecule has 0 aromatic rings. The topological polar surface area (TPSA) is 55.4 Å². The van der Waals surface area contributed by atoms with E-state index in [1.165, 1.54) is 6.92 Å². The van der Waals surface area contributed by atoms with Gasteiger partial charge in [0.1, 0.15) is 0 Å². The average molecular weight is 129 g/mol. The van der Waals surface area contributed by atoms with Crippen molar-refractivity contribution in [1.82, 2.24) is 5.32 Å². The molecule has 1 saturated heterocycles. The molecule has 1 rings (SSSR count). The van der Waals surface area contributed by atoms with Crippen LogP contribution in [-0.4, -0.2) is 18.1 Å². The summed E-state index contributed by atoms with van der Waals surface area (Å²) in [5, 5.41) is 2.39. The monoisotopic (exact) mass is 129 g/mol. The molecule has 1 heterocycles. The fourth-order valence-corrected chi connectivity index (χ4v) is 0.598. The molecule has 1 amide bonds. The van der Waals surface area contributed by atoms with Gasteiger partial charge in [0.15, 0.2) is 6.23 Å². The van der Waals surface area contributed by atoms with Crippen LogP contribution in [0.2, 0.25) is 0 Å². The van der Waals surface area contributed by atoms with Crippen molar-refractivity contribution in [2.24, 2.45) is 0 Å². The van der Waals surface area contributed by atoms with Gasteiger partial charge in [0.25, 0.3) is 0 Å². The Morgan fingerprint density at radius 1 is 1.89 bits per heavy atom. The Bertz CT molecular complexity index is 146. The molecule has 0 bridgehead atoms. The van der Waals surface area contributed by atoms with E-state index < -0.39 is 0 Å². The quantitative estimate of drug-likeness (QED) is 0.379. The predicted octanol–water partition coefficient (Wildman–Crippen LogP) is -0.605. The molecule has 0 saturated carbocycles. The SMILES string of the molecule is CC(=O)OC1CC(=O)N1. The van der Waals surface area contributed by atoms with E-state index in [2.05, 4.69) is 10.1 Å². The number of ether oxygens (including phenoxy) is 1. The number of hydrogen-bond acceptors (Lipinski definition) is 3. The highest BCUT2D eigenvalue weighted by Crippen LogP contribution is 2.04. The number of amides is 1. The lowest BCUT2D eigenvalue weighted by atomic mass is 10.2. The largest absolute Gasteiger partial charge is 0.441 e. The van der Waals surface area contributed by atoms with Gasteiger partial charge in [-0.3, -0.25) is 9.59 Å². The maximum Gasteiger partial charge on any atom is 0.304 e. The zero-order valence-corrected chi connectivity index (χ0v) is 5.01. The minimum atomic E-state index is -0.366. The van der Waals surface area contributed by atoms with Crippen LogP contribution < -0.4 is 5.32 Å². The van der Waals surface area contributed by atoms with E-state index in [1.54, 1.807) is 0 Å². The fourth-order valence-electron chi connectivity index (χ4n) is 0.598. The van der Waals surface area contributed by atoms with Crippen LogP contribution in [-0.2, 0) is 14.3 Å². The summed E-state index contributed by atoms with van der Waals surface area (Å²) in [5.74, 6) is -0.429. The maximum atomic E-state index is 10.2. The van der Waals surface area contributed by atoms with Gasteiger partial charge in [-0.25, -0.2) is 0 Å². The molecule has 0 aromatic heterocycles. The summed E-state index contributed by atoms with van der Waals surface area (Å²) >= 11 is 0. The van der Waals surface area contributed by atoms with Crippen molar-refractivity contribution < 1.29 is 14.3 Å². The van der Waals surface area contributed by atoms with Crippen molar-refractivity contribution >= 4 is 11.9 Å². The van der Waals surface area contributed by atoms with E-state index in [9.17, 15) is 9.59 Å². The molecule has 4 nitrogen and oxygen atoms in total. The highest BCUT2D eigenvalue weighted by atomic mass is 16.6. The van der Waals surface area contributed by atoms with Crippen LogP contribution in [0.5, 0.6) is 0 Å². The molecule has 1 aliphatic heterocycles. The first-order valence-electron chi connectivity index (χ1n) is 2.65. The summed E-state index contributed by atoms with van der Waals surface area (Å²) in [4.78, 5) is 20.4. The summed E-state index contributed by atoms with van der Waals surface area (Å²) in [7, 11) is 0. The van der Waals surface area contributed by atoms with E-state index in [0.29, 0.717) is 6.42 Å². The molecule has 0 spiro atoms. The Hall–Kier alpha value is -1.06. The molecular formula is C5H7NO3. The second kappa shape index (κ2) is 2.05. The van der Waals surface area contributed by atoms with Crippen molar-refractivity contribution in [2.75, 3.05) is 0 Å². The molecule has 9 heavy (non-hydrogen) atoms. The van der Waals surface area contributed by atoms with Gasteiger partial charge < -0.3 is 10.1 Å². The standard InChI is InChI=1S/C5H7NO3/c1-3(7)9-5-2-4(8)6-5/h5H,2H2,1H3,(H,6,8). The van der Waals surface area contributed by atoms with Gasteiger partial charge in [0.2, 0.25) is 5.91 Å². The normalized spacial score (nSPS) is 24.1. The molecule has 0 aromatic carbocycles. The number of carbonyl (C=O) groups excluding carboxylic acids is 2. The van der Waals surface area contributed by atoms with Gasteiger partial charge in [0.05, 0.1) is 6.42 Å². The Morgan fingerprint density at radius 3 is 2.78 bits per heavy atom. The summed E-state index contributed by atoms with van der Waals surface area (Å²) in [5.41, 5.74) is 0. The van der Waals surface area contributed by atoms with Gasteiger partial charge in [-0.15, -0.1) is 0 Å². The number of carbonyl (C=O) groups is 2. The van der Waals surface area contributed by atoms with Crippen LogP contribution in [0.25, 0.3) is 0 Å². The zero-order valence-electron chi connectivity index (χ0n) is 5.01. The van der Waals surface area contributed by atoms with E-state index in [4.69, 9.17) is 0 Å². The lowest BCUT2D eigenvalue weighted by Crippen LogP contribution is -2.50. The molecule has 1 unspecified atom stereocenters. The van der Waals surface area contributed by atoms with Gasteiger partial charge in [-0.05, 0) is 0 Å². The Kier molecular flexibility index (Phi) is 1.38. The molecule has 0 aliphatic carbocycles. The van der Waals surface area contributed by atoms with Gasteiger partial charge in [-0.1, -0.05) is 0 Å². The van der Waals surface area contributed by atoms with E-state index in [-0.39, 0.29) is 18.1 Å². The second-order valence-electron chi connectivity index (χ2n) is 1.87. The summed E-state index contributed by atoms with van der Waals surface area (Å²) < 4.78 is 4.59. The highest BCUT2D eigenvalue weighted by Gasteiger charge is 2.27. The Balaban J connectivity index is 2.18. The Labute approximate surface area is 52.2 Å². The molecule has 1 aliphatic rings. The number of hydrogen-bond donors (Lipinski definition) is 1. The summed E-state index contributed by atoms with van der Waals surface area (Å²) in [6, 6.07) is 0. The third-order valence-corrected chi connectivity index (χ3v) is 1.00. The maximum absolute atomic E-state index is 10.2. The molecule has 1 N–H and O–H groups in total. The van der Waals surface area contributed by atoms with Gasteiger partial charge in [0, 0.05) is 6.92 Å².